The van der Waals surface area contributed by atoms with Crippen LogP contribution in [0.15, 0.2) is 24.3 Å². The summed E-state index contributed by atoms with van der Waals surface area (Å²) in [6.45, 7) is 10.3. The van der Waals surface area contributed by atoms with E-state index in [1.807, 2.05) is 0 Å². The maximum absolute atomic E-state index is 11.2. The first-order valence-corrected chi connectivity index (χ1v) is 9.01. The van der Waals surface area contributed by atoms with Gasteiger partial charge in [-0.15, -0.1) is 0 Å². The lowest BCUT2D eigenvalue weighted by Gasteiger charge is -2.30. The van der Waals surface area contributed by atoms with Crippen LogP contribution in [0.1, 0.15) is 38.1 Å². The predicted molar refractivity (Wildman–Crippen MR) is 106 cm³/mol. The molecule has 2 rings (SSSR count). The average Bonchev–Trinajstić information content (AvgIpc) is 2.64. The Morgan fingerprint density at radius 1 is 1.11 bits per heavy atom. The van der Waals surface area contributed by atoms with Gasteiger partial charge in [0, 0.05) is 36.3 Å². The fourth-order valence-corrected chi connectivity index (χ4v) is 2.85. The third kappa shape index (κ3) is 5.62. The Hall–Kier alpha value is -2.74. The molecule has 8 nitrogen and oxygen atoms in total. The van der Waals surface area contributed by atoms with E-state index in [2.05, 4.69) is 52.9 Å². The SMILES string of the molecule is COc1nc(NCCN(C(C)C)C(C)C)nc(-c2ccc(C(N)=O)cc2)n1. The van der Waals surface area contributed by atoms with Gasteiger partial charge in [0.15, 0.2) is 5.82 Å². The summed E-state index contributed by atoms with van der Waals surface area (Å²) >= 11 is 0. The Morgan fingerprint density at radius 2 is 1.74 bits per heavy atom. The number of nitrogens with two attached hydrogens (primary N) is 1. The maximum atomic E-state index is 11.2. The monoisotopic (exact) mass is 372 g/mol. The molecule has 0 aliphatic carbocycles. The zero-order valence-electron chi connectivity index (χ0n) is 16.6. The van der Waals surface area contributed by atoms with Gasteiger partial charge in [-0.1, -0.05) is 12.1 Å². The first-order chi connectivity index (χ1) is 12.8. The number of carbonyl (C=O) groups is 1. The van der Waals surface area contributed by atoms with Crippen LogP contribution in [0.5, 0.6) is 6.01 Å². The van der Waals surface area contributed by atoms with Gasteiger partial charge in [0.05, 0.1) is 7.11 Å². The topological polar surface area (TPSA) is 106 Å². The van der Waals surface area contributed by atoms with Crippen molar-refractivity contribution in [3.05, 3.63) is 29.8 Å². The zero-order valence-corrected chi connectivity index (χ0v) is 16.6. The van der Waals surface area contributed by atoms with Crippen LogP contribution >= 0.6 is 0 Å². The molecule has 1 aromatic carbocycles. The lowest BCUT2D eigenvalue weighted by Crippen LogP contribution is -2.40. The van der Waals surface area contributed by atoms with Crippen molar-refractivity contribution in [3.63, 3.8) is 0 Å². The summed E-state index contributed by atoms with van der Waals surface area (Å²) in [7, 11) is 1.51. The molecule has 0 aliphatic rings. The van der Waals surface area contributed by atoms with Crippen LogP contribution in [0.25, 0.3) is 11.4 Å². The molecule has 0 fully saturated rings. The van der Waals surface area contributed by atoms with Gasteiger partial charge in [0.1, 0.15) is 0 Å². The molecule has 1 aromatic heterocycles. The number of primary amides is 1. The van der Waals surface area contributed by atoms with E-state index in [9.17, 15) is 4.79 Å². The number of hydrogen-bond acceptors (Lipinski definition) is 7. The lowest BCUT2D eigenvalue weighted by atomic mass is 10.1. The molecule has 0 spiro atoms. The molecular weight excluding hydrogens is 344 g/mol. The maximum Gasteiger partial charge on any atom is 0.321 e. The van der Waals surface area contributed by atoms with E-state index in [0.29, 0.717) is 36.0 Å². The normalized spacial score (nSPS) is 11.3. The second-order valence-electron chi connectivity index (χ2n) is 6.76. The number of benzene rings is 1. The van der Waals surface area contributed by atoms with Gasteiger partial charge in [-0.25, -0.2) is 0 Å². The Labute approximate surface area is 160 Å². The molecule has 2 aromatic rings. The third-order valence-electron chi connectivity index (χ3n) is 4.20. The average molecular weight is 372 g/mol. The van der Waals surface area contributed by atoms with Crippen LogP contribution in [0, 0.1) is 0 Å². The number of ether oxygens (including phenoxy) is 1. The summed E-state index contributed by atoms with van der Waals surface area (Å²) in [4.78, 5) is 26.6. The van der Waals surface area contributed by atoms with E-state index in [-0.39, 0.29) is 6.01 Å². The highest BCUT2D eigenvalue weighted by atomic mass is 16.5. The van der Waals surface area contributed by atoms with Crippen LogP contribution in [-0.4, -0.2) is 58.0 Å². The van der Waals surface area contributed by atoms with E-state index in [1.54, 1.807) is 24.3 Å². The van der Waals surface area contributed by atoms with E-state index >= 15 is 0 Å². The summed E-state index contributed by atoms with van der Waals surface area (Å²) < 4.78 is 5.20. The van der Waals surface area contributed by atoms with Crippen molar-refractivity contribution in [2.45, 2.75) is 39.8 Å². The Bertz CT molecular complexity index is 753. The molecule has 8 heteroatoms. The fourth-order valence-electron chi connectivity index (χ4n) is 2.85. The summed E-state index contributed by atoms with van der Waals surface area (Å²) in [5.41, 5.74) is 6.46. The molecule has 0 atom stereocenters. The highest BCUT2D eigenvalue weighted by Gasteiger charge is 2.14. The lowest BCUT2D eigenvalue weighted by molar-refractivity contribution is 0.100. The molecule has 0 bridgehead atoms. The molecule has 146 valence electrons. The van der Waals surface area contributed by atoms with E-state index in [1.165, 1.54) is 7.11 Å². The second kappa shape index (κ2) is 9.27. The number of carbonyl (C=O) groups excluding carboxylic acids is 1. The number of aromatic nitrogens is 3. The summed E-state index contributed by atoms with van der Waals surface area (Å²) in [5.74, 6) is 0.435. The highest BCUT2D eigenvalue weighted by molar-refractivity contribution is 5.93. The molecule has 0 saturated carbocycles. The molecule has 0 aliphatic heterocycles. The number of hydrogen-bond donors (Lipinski definition) is 2. The quantitative estimate of drug-likeness (QED) is 0.695. The summed E-state index contributed by atoms with van der Waals surface area (Å²) in [6.07, 6.45) is 0. The molecule has 0 saturated heterocycles. The van der Waals surface area contributed by atoms with Crippen molar-refractivity contribution in [3.8, 4) is 17.4 Å². The second-order valence-corrected chi connectivity index (χ2v) is 6.76. The molecule has 3 N–H and O–H groups in total. The molecule has 0 radical (unpaired) electrons. The van der Waals surface area contributed by atoms with Crippen molar-refractivity contribution in [1.82, 2.24) is 19.9 Å². The Balaban J connectivity index is 2.16. The van der Waals surface area contributed by atoms with Crippen molar-refractivity contribution < 1.29 is 9.53 Å². The number of anilines is 1. The van der Waals surface area contributed by atoms with Crippen LogP contribution in [0.2, 0.25) is 0 Å². The Morgan fingerprint density at radius 3 is 2.26 bits per heavy atom. The van der Waals surface area contributed by atoms with Crippen molar-refractivity contribution >= 4 is 11.9 Å². The number of nitrogens with zero attached hydrogens (tertiary/aromatic N) is 4. The van der Waals surface area contributed by atoms with Gasteiger partial charge in [0.2, 0.25) is 11.9 Å². The summed E-state index contributed by atoms with van der Waals surface area (Å²) in [5, 5.41) is 3.24. The first-order valence-electron chi connectivity index (χ1n) is 9.01. The number of rotatable bonds is 9. The smallest absolute Gasteiger partial charge is 0.321 e. The molecule has 1 heterocycles. The molecule has 1 amide bonds. The molecule has 0 unspecified atom stereocenters. The van der Waals surface area contributed by atoms with Gasteiger partial charge < -0.3 is 15.8 Å². The fraction of sp³-hybridized carbons (Fsp3) is 0.474. The van der Waals surface area contributed by atoms with Gasteiger partial charge in [-0.3, -0.25) is 9.69 Å². The number of methoxy groups -OCH3 is 1. The van der Waals surface area contributed by atoms with Gasteiger partial charge >= 0.3 is 6.01 Å². The van der Waals surface area contributed by atoms with Gasteiger partial charge in [-0.05, 0) is 39.8 Å². The molecule has 27 heavy (non-hydrogen) atoms. The molecular formula is C19H28N6O2. The standard InChI is InChI=1S/C19H28N6O2/c1-12(2)25(13(3)4)11-10-21-18-22-17(23-19(24-18)27-5)15-8-6-14(7-9-15)16(20)26/h6-9,12-13H,10-11H2,1-5H3,(H2,20,26)(H,21,22,23,24). The van der Waals surface area contributed by atoms with Crippen LogP contribution < -0.4 is 15.8 Å². The zero-order chi connectivity index (χ0) is 20.0. The number of amides is 1. The highest BCUT2D eigenvalue weighted by Crippen LogP contribution is 2.19. The van der Waals surface area contributed by atoms with Crippen LogP contribution in [-0.2, 0) is 0 Å². The van der Waals surface area contributed by atoms with Crippen LogP contribution in [0.3, 0.4) is 0 Å². The van der Waals surface area contributed by atoms with Crippen molar-refractivity contribution in [2.24, 2.45) is 5.73 Å². The minimum Gasteiger partial charge on any atom is -0.467 e. The Kier molecular flexibility index (Phi) is 7.06. The van der Waals surface area contributed by atoms with Crippen molar-refractivity contribution in [2.75, 3.05) is 25.5 Å². The van der Waals surface area contributed by atoms with Crippen molar-refractivity contribution in [1.29, 1.82) is 0 Å². The van der Waals surface area contributed by atoms with E-state index in [0.717, 1.165) is 12.1 Å². The number of nitrogens with one attached hydrogen (secondary N) is 1. The van der Waals surface area contributed by atoms with Gasteiger partial charge in [0.25, 0.3) is 0 Å². The van der Waals surface area contributed by atoms with Crippen LogP contribution in [0.4, 0.5) is 5.95 Å². The predicted octanol–water partition coefficient (Wildman–Crippen LogP) is 2.18. The summed E-state index contributed by atoms with van der Waals surface area (Å²) in [6, 6.07) is 7.92. The van der Waals surface area contributed by atoms with E-state index < -0.39 is 5.91 Å². The van der Waals surface area contributed by atoms with E-state index in [4.69, 9.17) is 10.5 Å². The minimum atomic E-state index is -0.475. The first kappa shape index (κ1) is 20.6. The largest absolute Gasteiger partial charge is 0.467 e. The van der Waals surface area contributed by atoms with Gasteiger partial charge in [-0.2, -0.15) is 15.0 Å². The minimum absolute atomic E-state index is 0.228. The third-order valence-corrected chi connectivity index (χ3v) is 4.20.